The number of nitrogens with one attached hydrogen (secondary N) is 1. The number of urea groups is 1. The second-order valence-corrected chi connectivity index (χ2v) is 6.21. The first-order chi connectivity index (χ1) is 12.3. The molecular weight excluding hydrogens is 316 g/mol. The first kappa shape index (κ1) is 17.2. The SMILES string of the molecule is COc1ccc(CNC(=O)N2CCCCCC2c2ccncc2)cn1. The van der Waals surface area contributed by atoms with Crippen LogP contribution >= 0.6 is 0 Å². The van der Waals surface area contributed by atoms with Crippen LogP contribution in [0.15, 0.2) is 42.9 Å². The number of likely N-dealkylation sites (tertiary alicyclic amines) is 1. The number of amides is 2. The summed E-state index contributed by atoms with van der Waals surface area (Å²) in [7, 11) is 1.59. The predicted molar refractivity (Wildman–Crippen MR) is 95.2 cm³/mol. The molecule has 1 N–H and O–H groups in total. The smallest absolute Gasteiger partial charge is 0.318 e. The van der Waals surface area contributed by atoms with Gasteiger partial charge >= 0.3 is 6.03 Å². The van der Waals surface area contributed by atoms with Crippen LogP contribution in [-0.4, -0.2) is 34.6 Å². The summed E-state index contributed by atoms with van der Waals surface area (Å²) in [5, 5.41) is 3.02. The van der Waals surface area contributed by atoms with Gasteiger partial charge in [0.1, 0.15) is 0 Å². The molecule has 0 aromatic carbocycles. The maximum absolute atomic E-state index is 12.8. The molecule has 1 aliphatic heterocycles. The van der Waals surface area contributed by atoms with E-state index in [-0.39, 0.29) is 12.1 Å². The Morgan fingerprint density at radius 3 is 2.80 bits per heavy atom. The number of ether oxygens (including phenoxy) is 1. The summed E-state index contributed by atoms with van der Waals surface area (Å²) in [6, 6.07) is 7.80. The van der Waals surface area contributed by atoms with Gasteiger partial charge in [0.2, 0.25) is 5.88 Å². The van der Waals surface area contributed by atoms with Crippen LogP contribution in [0, 0.1) is 0 Å². The molecule has 1 fully saturated rings. The molecule has 6 nitrogen and oxygen atoms in total. The first-order valence-corrected chi connectivity index (χ1v) is 8.71. The molecule has 0 bridgehead atoms. The minimum atomic E-state index is -0.0282. The van der Waals surface area contributed by atoms with E-state index < -0.39 is 0 Å². The molecule has 0 aliphatic carbocycles. The second-order valence-electron chi connectivity index (χ2n) is 6.21. The number of pyridine rings is 2. The molecule has 2 aromatic heterocycles. The molecule has 3 heterocycles. The number of carbonyl (C=O) groups is 1. The lowest BCUT2D eigenvalue weighted by Crippen LogP contribution is -2.41. The summed E-state index contributed by atoms with van der Waals surface area (Å²) in [5.41, 5.74) is 2.10. The number of aromatic nitrogens is 2. The van der Waals surface area contributed by atoms with Gasteiger partial charge in [-0.3, -0.25) is 4.98 Å². The molecule has 0 spiro atoms. The Hall–Kier alpha value is -2.63. The molecule has 0 radical (unpaired) electrons. The molecule has 6 heteroatoms. The van der Waals surface area contributed by atoms with E-state index in [9.17, 15) is 4.79 Å². The number of rotatable bonds is 4. The lowest BCUT2D eigenvalue weighted by molar-refractivity contribution is 0.175. The Labute approximate surface area is 148 Å². The van der Waals surface area contributed by atoms with Crippen molar-refractivity contribution < 1.29 is 9.53 Å². The monoisotopic (exact) mass is 340 g/mol. The maximum atomic E-state index is 12.8. The zero-order valence-corrected chi connectivity index (χ0v) is 14.5. The highest BCUT2D eigenvalue weighted by Gasteiger charge is 2.26. The molecular formula is C19H24N4O2. The predicted octanol–water partition coefficient (Wildman–Crippen LogP) is 3.31. The van der Waals surface area contributed by atoms with Crippen molar-refractivity contribution in [3.8, 4) is 5.88 Å². The van der Waals surface area contributed by atoms with Crippen molar-refractivity contribution in [1.82, 2.24) is 20.2 Å². The van der Waals surface area contributed by atoms with Gasteiger partial charge in [-0.05, 0) is 36.1 Å². The van der Waals surface area contributed by atoms with Crippen LogP contribution < -0.4 is 10.1 Å². The second kappa shape index (κ2) is 8.46. The standard InChI is InChI=1S/C19H24N4O2/c1-25-18-7-6-15(13-21-18)14-22-19(24)23-12-4-2-3-5-17(23)16-8-10-20-11-9-16/h6-11,13,17H,2-5,12,14H2,1H3,(H,22,24). The highest BCUT2D eigenvalue weighted by atomic mass is 16.5. The molecule has 1 atom stereocenters. The van der Waals surface area contributed by atoms with Crippen molar-refractivity contribution in [3.05, 3.63) is 54.0 Å². The lowest BCUT2D eigenvalue weighted by atomic mass is 10.0. The number of methoxy groups -OCH3 is 1. The van der Waals surface area contributed by atoms with Crippen LogP contribution in [0.3, 0.4) is 0 Å². The van der Waals surface area contributed by atoms with Crippen molar-refractivity contribution in [2.45, 2.75) is 38.3 Å². The zero-order chi connectivity index (χ0) is 17.5. The Morgan fingerprint density at radius 2 is 2.08 bits per heavy atom. The largest absolute Gasteiger partial charge is 0.481 e. The Bertz CT molecular complexity index is 676. The zero-order valence-electron chi connectivity index (χ0n) is 14.5. The van der Waals surface area contributed by atoms with E-state index in [1.165, 1.54) is 0 Å². The minimum Gasteiger partial charge on any atom is -0.481 e. The van der Waals surface area contributed by atoms with Crippen molar-refractivity contribution in [2.24, 2.45) is 0 Å². The summed E-state index contributed by atoms with van der Waals surface area (Å²) in [6.07, 6.45) is 9.63. The van der Waals surface area contributed by atoms with Crippen LogP contribution in [0.2, 0.25) is 0 Å². The third kappa shape index (κ3) is 4.47. The van der Waals surface area contributed by atoms with Gasteiger partial charge in [0, 0.05) is 37.7 Å². The minimum absolute atomic E-state index is 0.0282. The Kier molecular flexibility index (Phi) is 5.82. The van der Waals surface area contributed by atoms with Crippen LogP contribution in [0.4, 0.5) is 4.79 Å². The van der Waals surface area contributed by atoms with E-state index in [0.717, 1.165) is 43.4 Å². The van der Waals surface area contributed by atoms with E-state index in [4.69, 9.17) is 4.74 Å². The molecule has 1 aliphatic rings. The first-order valence-electron chi connectivity index (χ1n) is 8.71. The van der Waals surface area contributed by atoms with Gasteiger partial charge in [0.25, 0.3) is 0 Å². The van der Waals surface area contributed by atoms with Gasteiger partial charge in [-0.15, -0.1) is 0 Å². The summed E-state index contributed by atoms with van der Waals surface area (Å²) < 4.78 is 5.06. The summed E-state index contributed by atoms with van der Waals surface area (Å²) >= 11 is 0. The summed E-state index contributed by atoms with van der Waals surface area (Å²) in [4.78, 5) is 23.0. The average Bonchev–Trinajstić information content (AvgIpc) is 2.93. The molecule has 2 amide bonds. The van der Waals surface area contributed by atoms with E-state index in [0.29, 0.717) is 12.4 Å². The van der Waals surface area contributed by atoms with Crippen LogP contribution in [0.25, 0.3) is 0 Å². The quantitative estimate of drug-likeness (QED) is 0.927. The normalized spacial score (nSPS) is 17.6. The van der Waals surface area contributed by atoms with Gasteiger partial charge in [0.05, 0.1) is 13.2 Å². The van der Waals surface area contributed by atoms with Gasteiger partial charge in [-0.2, -0.15) is 0 Å². The van der Waals surface area contributed by atoms with E-state index in [2.05, 4.69) is 15.3 Å². The van der Waals surface area contributed by atoms with Crippen molar-refractivity contribution in [3.63, 3.8) is 0 Å². The molecule has 0 saturated carbocycles. The van der Waals surface area contributed by atoms with Crippen LogP contribution in [0.1, 0.15) is 42.9 Å². The molecule has 2 aromatic rings. The fourth-order valence-electron chi connectivity index (χ4n) is 3.20. The number of carbonyl (C=O) groups excluding carboxylic acids is 1. The average molecular weight is 340 g/mol. The maximum Gasteiger partial charge on any atom is 0.318 e. The van der Waals surface area contributed by atoms with E-state index >= 15 is 0 Å². The highest BCUT2D eigenvalue weighted by Crippen LogP contribution is 2.29. The van der Waals surface area contributed by atoms with Crippen molar-refractivity contribution in [2.75, 3.05) is 13.7 Å². The third-order valence-electron chi connectivity index (χ3n) is 4.56. The fourth-order valence-corrected chi connectivity index (χ4v) is 3.20. The summed E-state index contributed by atoms with van der Waals surface area (Å²) in [6.45, 7) is 1.23. The molecule has 132 valence electrons. The molecule has 3 rings (SSSR count). The molecule has 25 heavy (non-hydrogen) atoms. The number of hydrogen-bond donors (Lipinski definition) is 1. The van der Waals surface area contributed by atoms with Gasteiger partial charge < -0.3 is 15.0 Å². The van der Waals surface area contributed by atoms with Gasteiger partial charge in [-0.25, -0.2) is 9.78 Å². The lowest BCUT2D eigenvalue weighted by Gasteiger charge is -2.30. The van der Waals surface area contributed by atoms with E-state index in [1.807, 2.05) is 23.1 Å². The third-order valence-corrected chi connectivity index (χ3v) is 4.56. The van der Waals surface area contributed by atoms with Crippen molar-refractivity contribution in [1.29, 1.82) is 0 Å². The Balaban J connectivity index is 1.67. The van der Waals surface area contributed by atoms with Crippen LogP contribution in [-0.2, 0) is 6.54 Å². The number of hydrogen-bond acceptors (Lipinski definition) is 4. The molecule has 1 saturated heterocycles. The highest BCUT2D eigenvalue weighted by molar-refractivity contribution is 5.74. The summed E-state index contributed by atoms with van der Waals surface area (Å²) in [5.74, 6) is 0.570. The van der Waals surface area contributed by atoms with Gasteiger partial charge in [-0.1, -0.05) is 18.9 Å². The van der Waals surface area contributed by atoms with Gasteiger partial charge in [0.15, 0.2) is 0 Å². The molecule has 1 unspecified atom stereocenters. The van der Waals surface area contributed by atoms with Crippen LogP contribution in [0.5, 0.6) is 5.88 Å². The number of nitrogens with zero attached hydrogens (tertiary/aromatic N) is 3. The van der Waals surface area contributed by atoms with E-state index in [1.54, 1.807) is 31.8 Å². The topological polar surface area (TPSA) is 67.3 Å². The fraction of sp³-hybridized carbons (Fsp3) is 0.421. The Morgan fingerprint density at radius 1 is 1.24 bits per heavy atom. The van der Waals surface area contributed by atoms with Crippen molar-refractivity contribution >= 4 is 6.03 Å².